The molecule has 2 aromatic heterocycles. The monoisotopic (exact) mass is 483 g/mol. The highest BCUT2D eigenvalue weighted by atomic mass is 16.5. The molecule has 5 heteroatoms. The van der Waals surface area contributed by atoms with Gasteiger partial charge in [-0.3, -0.25) is 4.79 Å². The van der Waals surface area contributed by atoms with E-state index in [0.29, 0.717) is 39.0 Å². The van der Waals surface area contributed by atoms with Crippen LogP contribution < -0.4 is 10.2 Å². The molecule has 2 heterocycles. The lowest BCUT2D eigenvalue weighted by atomic mass is 10.1. The normalized spacial score (nSPS) is 12.2. The quantitative estimate of drug-likeness (QED) is 0.214. The number of hydrogen-bond donors (Lipinski definition) is 1. The second kappa shape index (κ2) is 8.10. The summed E-state index contributed by atoms with van der Waals surface area (Å²) in [6, 6.07) is 24.9. The molecule has 5 nitrogen and oxygen atoms in total. The van der Waals surface area contributed by atoms with Crippen LogP contribution in [0.5, 0.6) is 11.5 Å². The zero-order valence-corrected chi connectivity index (χ0v) is 20.0. The van der Waals surface area contributed by atoms with E-state index in [1.807, 2.05) is 43.3 Å². The molecule has 0 radical (unpaired) electrons. The van der Waals surface area contributed by atoms with Crippen molar-refractivity contribution in [2.75, 3.05) is 0 Å². The van der Waals surface area contributed by atoms with Crippen molar-refractivity contribution in [3.05, 3.63) is 117 Å². The van der Waals surface area contributed by atoms with Crippen LogP contribution in [0.4, 0.5) is 0 Å². The molecule has 0 saturated carbocycles. The molecule has 0 bridgehead atoms. The van der Waals surface area contributed by atoms with Gasteiger partial charge in [-0.05, 0) is 61.0 Å². The lowest BCUT2D eigenvalue weighted by Gasteiger charge is -2.15. The van der Waals surface area contributed by atoms with Crippen LogP contribution in [-0.4, -0.2) is 9.67 Å². The number of benzene rings is 4. The molecule has 0 saturated heterocycles. The molecule has 0 spiro atoms. The molecule has 7 rings (SSSR count). The Hall–Kier alpha value is -4.83. The Labute approximate surface area is 211 Å². The minimum Gasteiger partial charge on any atom is -0.457 e. The van der Waals surface area contributed by atoms with E-state index in [1.165, 1.54) is 10.9 Å². The van der Waals surface area contributed by atoms with Crippen LogP contribution in [0.15, 0.2) is 93.8 Å². The van der Waals surface area contributed by atoms with Crippen molar-refractivity contribution >= 4 is 45.0 Å². The van der Waals surface area contributed by atoms with Gasteiger partial charge in [0.25, 0.3) is 0 Å². The van der Waals surface area contributed by atoms with E-state index in [2.05, 4.69) is 34.6 Å². The van der Waals surface area contributed by atoms with Gasteiger partial charge in [0.2, 0.25) is 5.43 Å². The summed E-state index contributed by atoms with van der Waals surface area (Å²) in [6.45, 7) is 1.72. The first kappa shape index (κ1) is 21.5. The highest BCUT2D eigenvalue weighted by molar-refractivity contribution is 5.97. The Balaban J connectivity index is 1.32. The van der Waals surface area contributed by atoms with Gasteiger partial charge in [-0.25, -0.2) is 0 Å². The predicted molar refractivity (Wildman–Crippen MR) is 146 cm³/mol. The summed E-state index contributed by atoms with van der Waals surface area (Å²) in [5.74, 6) is 1.10. The molecular weight excluding hydrogens is 462 g/mol. The Morgan fingerprint density at radius 2 is 1.68 bits per heavy atom. The second-order valence-electron chi connectivity index (χ2n) is 9.20. The third-order valence-corrected chi connectivity index (χ3v) is 6.97. The van der Waals surface area contributed by atoms with Gasteiger partial charge in [0.05, 0.1) is 28.6 Å². The summed E-state index contributed by atoms with van der Waals surface area (Å²) in [4.78, 5) is 13.0. The third-order valence-electron chi connectivity index (χ3n) is 6.97. The van der Waals surface area contributed by atoms with E-state index in [-0.39, 0.29) is 12.0 Å². The largest absolute Gasteiger partial charge is 0.457 e. The predicted octanol–water partition coefficient (Wildman–Crippen LogP) is 7.12. The summed E-state index contributed by atoms with van der Waals surface area (Å²) < 4.78 is 14.5. The van der Waals surface area contributed by atoms with Crippen LogP contribution in [0.25, 0.3) is 50.7 Å². The Morgan fingerprint density at radius 3 is 2.51 bits per heavy atom. The van der Waals surface area contributed by atoms with Gasteiger partial charge >= 0.3 is 0 Å². The number of aromatic nitrogens is 1. The van der Waals surface area contributed by atoms with Gasteiger partial charge < -0.3 is 18.8 Å². The summed E-state index contributed by atoms with van der Waals surface area (Å²) in [6.07, 6.45) is 4.03. The van der Waals surface area contributed by atoms with E-state index in [1.54, 1.807) is 30.3 Å². The minimum absolute atomic E-state index is 0.131. The fourth-order valence-corrected chi connectivity index (χ4v) is 5.16. The van der Waals surface area contributed by atoms with Crippen molar-refractivity contribution in [3.8, 4) is 17.2 Å². The van der Waals surface area contributed by atoms with Gasteiger partial charge in [0.15, 0.2) is 0 Å². The van der Waals surface area contributed by atoms with Crippen LogP contribution in [-0.2, 0) is 6.61 Å². The van der Waals surface area contributed by atoms with E-state index in [9.17, 15) is 9.90 Å². The van der Waals surface area contributed by atoms with Crippen molar-refractivity contribution in [1.29, 1.82) is 0 Å². The maximum atomic E-state index is 13.0. The summed E-state index contributed by atoms with van der Waals surface area (Å²) >= 11 is 0. The third kappa shape index (κ3) is 3.26. The van der Waals surface area contributed by atoms with Crippen molar-refractivity contribution in [2.24, 2.45) is 0 Å². The number of para-hydroxylation sites is 2. The smallest absolute Gasteiger partial charge is 0.200 e. The van der Waals surface area contributed by atoms with E-state index >= 15 is 0 Å². The molecule has 37 heavy (non-hydrogen) atoms. The average molecular weight is 484 g/mol. The lowest BCUT2D eigenvalue weighted by Crippen LogP contribution is -2.04. The topological polar surface area (TPSA) is 64.6 Å². The maximum absolute atomic E-state index is 13.0. The van der Waals surface area contributed by atoms with Crippen molar-refractivity contribution in [3.63, 3.8) is 0 Å². The Kier molecular flexibility index (Phi) is 4.70. The molecule has 1 aliphatic carbocycles. The first-order valence-electron chi connectivity index (χ1n) is 12.1. The molecule has 1 aliphatic rings. The van der Waals surface area contributed by atoms with E-state index in [0.717, 1.165) is 22.5 Å². The number of nitrogens with zero attached hydrogens (tertiary/aromatic N) is 1. The van der Waals surface area contributed by atoms with Crippen LogP contribution in [0.3, 0.4) is 0 Å². The number of aryl methyl sites for hydroxylation is 1. The number of aliphatic hydroxyl groups is 1. The Morgan fingerprint density at radius 1 is 0.865 bits per heavy atom. The van der Waals surface area contributed by atoms with Gasteiger partial charge in [-0.15, -0.1) is 5.73 Å². The molecule has 1 N–H and O–H groups in total. The molecular formula is C32H21NO4. The highest BCUT2D eigenvalue weighted by Gasteiger charge is 2.18. The molecule has 0 fully saturated rings. The molecule has 4 aromatic carbocycles. The van der Waals surface area contributed by atoms with Crippen LogP contribution in [0.2, 0.25) is 0 Å². The van der Waals surface area contributed by atoms with E-state index < -0.39 is 0 Å². The molecule has 0 amide bonds. The zero-order chi connectivity index (χ0) is 25.1. The Bertz CT molecular complexity index is 2020. The first-order chi connectivity index (χ1) is 18.1. The number of fused-ring (bicyclic) bond motifs is 5. The first-order valence-corrected chi connectivity index (χ1v) is 12.1. The zero-order valence-electron chi connectivity index (χ0n) is 20.0. The lowest BCUT2D eigenvalue weighted by molar-refractivity contribution is 0.276. The van der Waals surface area contributed by atoms with Crippen molar-refractivity contribution in [2.45, 2.75) is 13.5 Å². The summed E-state index contributed by atoms with van der Waals surface area (Å²) in [7, 11) is 0. The average Bonchev–Trinajstić information content (AvgIpc) is 3.51. The fraction of sp³-hybridized carbons (Fsp3) is 0.0625. The highest BCUT2D eigenvalue weighted by Crippen LogP contribution is 2.36. The van der Waals surface area contributed by atoms with Gasteiger partial charge in [-0.2, -0.15) is 0 Å². The standard InChI is InChI=1S/C32H21NO4/c1-19-15-21(33-26-10-4-2-7-22(26)23-9-6-11-27(23)33)13-14-28(19)36-30-17-31-25(16-20(30)18-34)32(35)24-8-3-5-12-29(24)37-31/h2-5,7-17,34H,18H2,1H3. The summed E-state index contributed by atoms with van der Waals surface area (Å²) in [5, 5.41) is 12.2. The number of hydrogen-bond acceptors (Lipinski definition) is 4. The minimum atomic E-state index is -0.268. The van der Waals surface area contributed by atoms with E-state index in [4.69, 9.17) is 9.15 Å². The molecule has 0 unspecified atom stereocenters. The molecule has 178 valence electrons. The van der Waals surface area contributed by atoms with Gasteiger partial charge in [0.1, 0.15) is 22.7 Å². The van der Waals surface area contributed by atoms with Crippen molar-refractivity contribution in [1.82, 2.24) is 4.57 Å². The molecule has 0 atom stereocenters. The molecule has 0 aliphatic heterocycles. The number of ether oxygens (including phenoxy) is 1. The summed E-state index contributed by atoms with van der Waals surface area (Å²) in [5.41, 5.74) is 9.90. The second-order valence-corrected chi connectivity index (χ2v) is 9.20. The van der Waals surface area contributed by atoms with Crippen LogP contribution >= 0.6 is 0 Å². The van der Waals surface area contributed by atoms with Gasteiger partial charge in [0, 0.05) is 34.3 Å². The van der Waals surface area contributed by atoms with Crippen LogP contribution in [0, 0.1) is 6.92 Å². The molecule has 6 aromatic rings. The SMILES string of the molecule is Cc1cc(-n2c3c(c4ccccc42)C=C=C3)ccc1Oc1cc2oc3ccccc3c(=O)c2cc1CO. The van der Waals surface area contributed by atoms with Crippen LogP contribution in [0.1, 0.15) is 22.4 Å². The number of aliphatic hydroxyl groups excluding tert-OH is 1. The number of rotatable bonds is 4. The fourth-order valence-electron chi connectivity index (χ4n) is 5.16. The van der Waals surface area contributed by atoms with Gasteiger partial charge in [-0.1, -0.05) is 30.3 Å². The van der Waals surface area contributed by atoms with Crippen molar-refractivity contribution < 1.29 is 14.3 Å². The maximum Gasteiger partial charge on any atom is 0.200 e.